The van der Waals surface area contributed by atoms with Gasteiger partial charge in [-0.25, -0.2) is 4.79 Å². The van der Waals surface area contributed by atoms with Gasteiger partial charge in [-0.05, 0) is 17.7 Å². The molecular formula is C16H14O5. The Labute approximate surface area is 121 Å². The number of phenols is 1. The standard InChI is InChI=1S/C16H14O5/c17-13-8-6-11(7-9-13)10-14(18)21-15(16(19)20)12-4-2-1-3-5-12/h1-9,15,17H,10H2,(H,19,20). The summed E-state index contributed by atoms with van der Waals surface area (Å²) in [5.74, 6) is -1.77. The second kappa shape index (κ2) is 6.56. The lowest BCUT2D eigenvalue weighted by molar-refractivity contribution is -0.164. The number of esters is 1. The molecule has 2 N–H and O–H groups in total. The maximum atomic E-state index is 11.8. The predicted molar refractivity (Wildman–Crippen MR) is 74.7 cm³/mol. The molecule has 0 aromatic heterocycles. The Bertz CT molecular complexity index is 619. The molecule has 0 fully saturated rings. The van der Waals surface area contributed by atoms with Crippen LogP contribution in [0.15, 0.2) is 54.6 Å². The van der Waals surface area contributed by atoms with Gasteiger partial charge in [0.25, 0.3) is 0 Å². The highest BCUT2D eigenvalue weighted by molar-refractivity contribution is 5.80. The van der Waals surface area contributed by atoms with Crippen LogP contribution in [0.3, 0.4) is 0 Å². The van der Waals surface area contributed by atoms with Gasteiger partial charge in [-0.1, -0.05) is 42.5 Å². The van der Waals surface area contributed by atoms with Crippen molar-refractivity contribution in [2.24, 2.45) is 0 Å². The van der Waals surface area contributed by atoms with Crippen molar-refractivity contribution in [2.45, 2.75) is 12.5 Å². The molecule has 2 rings (SSSR count). The summed E-state index contributed by atoms with van der Waals surface area (Å²) >= 11 is 0. The van der Waals surface area contributed by atoms with Crippen LogP contribution in [0.25, 0.3) is 0 Å². The summed E-state index contributed by atoms with van der Waals surface area (Å²) in [6, 6.07) is 14.4. The van der Waals surface area contributed by atoms with Crippen LogP contribution in [-0.4, -0.2) is 22.2 Å². The molecule has 0 saturated heterocycles. The quantitative estimate of drug-likeness (QED) is 0.824. The van der Waals surface area contributed by atoms with E-state index in [4.69, 9.17) is 14.9 Å². The summed E-state index contributed by atoms with van der Waals surface area (Å²) in [5, 5.41) is 18.3. The largest absolute Gasteiger partial charge is 0.508 e. The van der Waals surface area contributed by atoms with Gasteiger partial charge < -0.3 is 14.9 Å². The van der Waals surface area contributed by atoms with Crippen LogP contribution in [0, 0.1) is 0 Å². The van der Waals surface area contributed by atoms with Gasteiger partial charge in [-0.2, -0.15) is 0 Å². The van der Waals surface area contributed by atoms with Crippen molar-refractivity contribution in [3.8, 4) is 5.75 Å². The highest BCUT2D eigenvalue weighted by atomic mass is 16.6. The Balaban J connectivity index is 2.05. The summed E-state index contributed by atoms with van der Waals surface area (Å²) < 4.78 is 5.03. The van der Waals surface area contributed by atoms with Crippen LogP contribution < -0.4 is 0 Å². The second-order valence-corrected chi connectivity index (χ2v) is 4.46. The van der Waals surface area contributed by atoms with Crippen LogP contribution in [0.5, 0.6) is 5.75 Å². The fourth-order valence-electron chi connectivity index (χ4n) is 1.84. The minimum Gasteiger partial charge on any atom is -0.508 e. The Hall–Kier alpha value is -2.82. The molecule has 0 radical (unpaired) electrons. The van der Waals surface area contributed by atoms with E-state index in [1.54, 1.807) is 42.5 Å². The number of carboxylic acid groups (broad SMARTS) is 1. The zero-order chi connectivity index (χ0) is 15.2. The third-order valence-corrected chi connectivity index (χ3v) is 2.86. The number of rotatable bonds is 5. The van der Waals surface area contributed by atoms with Crippen molar-refractivity contribution in [1.82, 2.24) is 0 Å². The Kier molecular flexibility index (Phi) is 4.56. The molecule has 0 amide bonds. The van der Waals surface area contributed by atoms with Gasteiger partial charge in [0.15, 0.2) is 0 Å². The predicted octanol–water partition coefficient (Wildman–Crippen LogP) is 2.30. The van der Waals surface area contributed by atoms with E-state index < -0.39 is 18.0 Å². The molecule has 1 unspecified atom stereocenters. The zero-order valence-electron chi connectivity index (χ0n) is 11.1. The summed E-state index contributed by atoms with van der Waals surface area (Å²) in [5.41, 5.74) is 1.04. The van der Waals surface area contributed by atoms with Crippen molar-refractivity contribution in [3.05, 3.63) is 65.7 Å². The highest BCUT2D eigenvalue weighted by Gasteiger charge is 2.24. The number of aliphatic carboxylic acids is 1. The number of ether oxygens (including phenoxy) is 1. The fraction of sp³-hybridized carbons (Fsp3) is 0.125. The van der Waals surface area contributed by atoms with Crippen molar-refractivity contribution in [2.75, 3.05) is 0 Å². The molecule has 2 aromatic carbocycles. The molecule has 0 heterocycles. The number of benzene rings is 2. The van der Waals surface area contributed by atoms with Gasteiger partial charge in [0.2, 0.25) is 6.10 Å². The van der Waals surface area contributed by atoms with Crippen LogP contribution in [-0.2, 0) is 20.7 Å². The summed E-state index contributed by atoms with van der Waals surface area (Å²) in [7, 11) is 0. The Morgan fingerprint density at radius 3 is 2.19 bits per heavy atom. The molecule has 0 spiro atoms. The second-order valence-electron chi connectivity index (χ2n) is 4.46. The van der Waals surface area contributed by atoms with Gasteiger partial charge in [-0.3, -0.25) is 4.79 Å². The van der Waals surface area contributed by atoms with E-state index in [0.29, 0.717) is 11.1 Å². The molecule has 5 nitrogen and oxygen atoms in total. The van der Waals surface area contributed by atoms with E-state index in [1.807, 2.05) is 0 Å². The first-order valence-electron chi connectivity index (χ1n) is 6.31. The third kappa shape index (κ3) is 4.07. The molecule has 0 saturated carbocycles. The number of hydrogen-bond donors (Lipinski definition) is 2. The van der Waals surface area contributed by atoms with Crippen LogP contribution in [0.1, 0.15) is 17.2 Å². The van der Waals surface area contributed by atoms with Crippen molar-refractivity contribution >= 4 is 11.9 Å². The average Bonchev–Trinajstić information content (AvgIpc) is 2.48. The van der Waals surface area contributed by atoms with E-state index in [2.05, 4.69) is 0 Å². The number of aromatic hydroxyl groups is 1. The lowest BCUT2D eigenvalue weighted by Crippen LogP contribution is -2.20. The number of carboxylic acids is 1. The lowest BCUT2D eigenvalue weighted by atomic mass is 10.1. The molecule has 21 heavy (non-hydrogen) atoms. The maximum Gasteiger partial charge on any atom is 0.349 e. The SMILES string of the molecule is O=C(Cc1ccc(O)cc1)OC(C(=O)O)c1ccccc1. The van der Waals surface area contributed by atoms with E-state index in [9.17, 15) is 9.59 Å². The molecule has 1 atom stereocenters. The van der Waals surface area contributed by atoms with Gasteiger partial charge in [-0.15, -0.1) is 0 Å². The first-order valence-corrected chi connectivity index (χ1v) is 6.31. The molecule has 5 heteroatoms. The highest BCUT2D eigenvalue weighted by Crippen LogP contribution is 2.19. The Morgan fingerprint density at radius 1 is 1.00 bits per heavy atom. The van der Waals surface area contributed by atoms with Gasteiger partial charge in [0.1, 0.15) is 5.75 Å². The summed E-state index contributed by atoms with van der Waals surface area (Å²) in [6.07, 6.45) is -1.38. The summed E-state index contributed by atoms with van der Waals surface area (Å²) in [6.45, 7) is 0. The zero-order valence-corrected chi connectivity index (χ0v) is 11.1. The first-order chi connectivity index (χ1) is 10.1. The maximum absolute atomic E-state index is 11.8. The number of hydrogen-bond acceptors (Lipinski definition) is 4. The molecule has 0 aliphatic carbocycles. The van der Waals surface area contributed by atoms with Gasteiger partial charge >= 0.3 is 11.9 Å². The number of carbonyl (C=O) groups excluding carboxylic acids is 1. The monoisotopic (exact) mass is 286 g/mol. The third-order valence-electron chi connectivity index (χ3n) is 2.86. The molecule has 2 aromatic rings. The first kappa shape index (κ1) is 14.6. The van der Waals surface area contributed by atoms with Crippen LogP contribution >= 0.6 is 0 Å². The Morgan fingerprint density at radius 2 is 1.62 bits per heavy atom. The topological polar surface area (TPSA) is 83.8 Å². The molecule has 0 aliphatic heterocycles. The minimum absolute atomic E-state index is 0.0586. The molecular weight excluding hydrogens is 272 g/mol. The van der Waals surface area contributed by atoms with Crippen LogP contribution in [0.4, 0.5) is 0 Å². The van der Waals surface area contributed by atoms with Gasteiger partial charge in [0.05, 0.1) is 6.42 Å². The van der Waals surface area contributed by atoms with Crippen LogP contribution in [0.2, 0.25) is 0 Å². The molecule has 0 bridgehead atoms. The average molecular weight is 286 g/mol. The fourth-order valence-corrected chi connectivity index (χ4v) is 1.84. The lowest BCUT2D eigenvalue weighted by Gasteiger charge is -2.14. The summed E-state index contributed by atoms with van der Waals surface area (Å²) in [4.78, 5) is 23.1. The van der Waals surface area contributed by atoms with E-state index >= 15 is 0 Å². The molecule has 0 aliphatic rings. The van der Waals surface area contributed by atoms with E-state index in [0.717, 1.165) is 0 Å². The normalized spacial score (nSPS) is 11.6. The van der Waals surface area contributed by atoms with Gasteiger partial charge in [0, 0.05) is 5.56 Å². The number of phenolic OH excluding ortho intramolecular Hbond substituents is 1. The minimum atomic E-state index is -1.32. The van der Waals surface area contributed by atoms with E-state index in [-0.39, 0.29) is 12.2 Å². The number of carbonyl (C=O) groups is 2. The van der Waals surface area contributed by atoms with Crippen molar-refractivity contribution in [3.63, 3.8) is 0 Å². The smallest absolute Gasteiger partial charge is 0.349 e. The van der Waals surface area contributed by atoms with Crippen molar-refractivity contribution in [1.29, 1.82) is 0 Å². The van der Waals surface area contributed by atoms with Crippen molar-refractivity contribution < 1.29 is 24.5 Å². The molecule has 108 valence electrons. The van der Waals surface area contributed by atoms with E-state index in [1.165, 1.54) is 12.1 Å².